The molecule has 3 rings (SSSR count). The number of hydrogen-bond acceptors (Lipinski definition) is 3. The SMILES string of the molecule is COCCN(Cc1cccc2c1NCC2)C(C)C1CC1. The Hall–Kier alpha value is -1.06. The molecule has 20 heavy (non-hydrogen) atoms. The molecule has 1 N–H and O–H groups in total. The van der Waals surface area contributed by atoms with E-state index in [2.05, 4.69) is 35.3 Å². The highest BCUT2D eigenvalue weighted by molar-refractivity contribution is 5.61. The van der Waals surface area contributed by atoms with Crippen LogP contribution in [0.4, 0.5) is 5.69 Å². The van der Waals surface area contributed by atoms with E-state index in [1.54, 1.807) is 7.11 Å². The number of rotatable bonds is 7. The van der Waals surface area contributed by atoms with Crippen LogP contribution in [0.3, 0.4) is 0 Å². The topological polar surface area (TPSA) is 24.5 Å². The molecule has 2 aliphatic rings. The molecule has 0 spiro atoms. The maximum Gasteiger partial charge on any atom is 0.0589 e. The number of nitrogens with zero attached hydrogens (tertiary/aromatic N) is 1. The average Bonchev–Trinajstić information content (AvgIpc) is 3.20. The van der Waals surface area contributed by atoms with E-state index in [1.807, 2.05) is 0 Å². The third-order valence-electron chi connectivity index (χ3n) is 4.77. The van der Waals surface area contributed by atoms with E-state index in [9.17, 15) is 0 Å². The molecule has 3 nitrogen and oxygen atoms in total. The molecule has 0 amide bonds. The van der Waals surface area contributed by atoms with Gasteiger partial charge in [-0.1, -0.05) is 18.2 Å². The van der Waals surface area contributed by atoms with Crippen LogP contribution in [-0.2, 0) is 17.7 Å². The smallest absolute Gasteiger partial charge is 0.0589 e. The van der Waals surface area contributed by atoms with Crippen molar-refractivity contribution in [1.82, 2.24) is 4.90 Å². The molecule has 1 atom stereocenters. The molecule has 1 aliphatic carbocycles. The molecule has 1 saturated carbocycles. The number of methoxy groups -OCH3 is 1. The zero-order valence-electron chi connectivity index (χ0n) is 12.7. The molecule has 1 heterocycles. The Morgan fingerprint density at radius 1 is 1.40 bits per heavy atom. The Balaban J connectivity index is 1.73. The lowest BCUT2D eigenvalue weighted by atomic mass is 10.1. The molecule has 0 saturated heterocycles. The fourth-order valence-corrected chi connectivity index (χ4v) is 3.27. The third-order valence-corrected chi connectivity index (χ3v) is 4.77. The molecule has 1 aromatic carbocycles. The van der Waals surface area contributed by atoms with Crippen molar-refractivity contribution < 1.29 is 4.74 Å². The van der Waals surface area contributed by atoms with Crippen LogP contribution < -0.4 is 5.32 Å². The first-order valence-corrected chi connectivity index (χ1v) is 7.87. The second-order valence-electron chi connectivity index (χ2n) is 6.17. The van der Waals surface area contributed by atoms with Gasteiger partial charge in [0, 0.05) is 38.5 Å². The summed E-state index contributed by atoms with van der Waals surface area (Å²) in [6, 6.07) is 7.40. The fraction of sp³-hybridized carbons (Fsp3) is 0.647. The number of benzene rings is 1. The second kappa shape index (κ2) is 6.15. The van der Waals surface area contributed by atoms with Crippen molar-refractivity contribution in [2.75, 3.05) is 32.1 Å². The predicted molar refractivity (Wildman–Crippen MR) is 83.1 cm³/mol. The minimum absolute atomic E-state index is 0.669. The van der Waals surface area contributed by atoms with Gasteiger partial charge >= 0.3 is 0 Å². The highest BCUT2D eigenvalue weighted by Crippen LogP contribution is 2.36. The average molecular weight is 274 g/mol. The Morgan fingerprint density at radius 2 is 2.25 bits per heavy atom. The minimum atomic E-state index is 0.669. The fourth-order valence-electron chi connectivity index (χ4n) is 3.27. The molecular formula is C17H26N2O. The maximum absolute atomic E-state index is 5.30. The molecule has 1 unspecified atom stereocenters. The van der Waals surface area contributed by atoms with Gasteiger partial charge < -0.3 is 10.1 Å². The second-order valence-corrected chi connectivity index (χ2v) is 6.17. The Kier molecular flexibility index (Phi) is 4.27. The molecular weight excluding hydrogens is 248 g/mol. The zero-order chi connectivity index (χ0) is 13.9. The van der Waals surface area contributed by atoms with Gasteiger partial charge in [-0.05, 0) is 43.2 Å². The van der Waals surface area contributed by atoms with Crippen molar-refractivity contribution in [3.05, 3.63) is 29.3 Å². The Labute approximate surface area is 122 Å². The molecule has 0 bridgehead atoms. The predicted octanol–water partition coefficient (Wildman–Crippen LogP) is 2.90. The first-order valence-electron chi connectivity index (χ1n) is 7.87. The first kappa shape index (κ1) is 13.9. The lowest BCUT2D eigenvalue weighted by Crippen LogP contribution is -2.36. The van der Waals surface area contributed by atoms with Crippen molar-refractivity contribution in [3.8, 4) is 0 Å². The van der Waals surface area contributed by atoms with E-state index in [4.69, 9.17) is 4.74 Å². The van der Waals surface area contributed by atoms with E-state index in [0.29, 0.717) is 6.04 Å². The van der Waals surface area contributed by atoms with E-state index < -0.39 is 0 Å². The van der Waals surface area contributed by atoms with Gasteiger partial charge in [0.15, 0.2) is 0 Å². The van der Waals surface area contributed by atoms with E-state index in [-0.39, 0.29) is 0 Å². The highest BCUT2D eigenvalue weighted by Gasteiger charge is 2.32. The van der Waals surface area contributed by atoms with Gasteiger partial charge in [-0.2, -0.15) is 0 Å². The largest absolute Gasteiger partial charge is 0.384 e. The summed E-state index contributed by atoms with van der Waals surface area (Å²) < 4.78 is 5.30. The van der Waals surface area contributed by atoms with Gasteiger partial charge in [0.1, 0.15) is 0 Å². The summed E-state index contributed by atoms with van der Waals surface area (Å²) in [5, 5.41) is 3.56. The number of hydrogen-bond donors (Lipinski definition) is 1. The maximum atomic E-state index is 5.30. The standard InChI is InChI=1S/C17H26N2O/c1-13(14-6-7-14)19(10-11-20-2)12-16-5-3-4-15-8-9-18-17(15)16/h3-5,13-14,18H,6-12H2,1-2H3. The van der Waals surface area contributed by atoms with Gasteiger partial charge in [0.25, 0.3) is 0 Å². The molecule has 1 aromatic rings. The molecule has 3 heteroatoms. The zero-order valence-corrected chi connectivity index (χ0v) is 12.7. The van der Waals surface area contributed by atoms with Crippen LogP contribution in [-0.4, -0.2) is 37.7 Å². The molecule has 0 radical (unpaired) electrons. The molecule has 1 fully saturated rings. The van der Waals surface area contributed by atoms with Gasteiger partial charge in [-0.3, -0.25) is 4.90 Å². The third kappa shape index (κ3) is 2.99. The van der Waals surface area contributed by atoms with Gasteiger partial charge in [0.05, 0.1) is 6.61 Å². The summed E-state index contributed by atoms with van der Waals surface area (Å²) in [4.78, 5) is 2.59. The summed E-state index contributed by atoms with van der Waals surface area (Å²) in [5.74, 6) is 0.900. The van der Waals surface area contributed by atoms with Crippen LogP contribution in [0.15, 0.2) is 18.2 Å². The van der Waals surface area contributed by atoms with E-state index in [1.165, 1.54) is 36.1 Å². The lowest BCUT2D eigenvalue weighted by molar-refractivity contribution is 0.112. The van der Waals surface area contributed by atoms with Crippen molar-refractivity contribution in [1.29, 1.82) is 0 Å². The monoisotopic (exact) mass is 274 g/mol. The summed E-state index contributed by atoms with van der Waals surface area (Å²) in [7, 11) is 1.79. The molecule has 110 valence electrons. The van der Waals surface area contributed by atoms with Gasteiger partial charge in [-0.25, -0.2) is 0 Å². The normalized spacial score (nSPS) is 18.9. The van der Waals surface area contributed by atoms with Crippen molar-refractivity contribution in [3.63, 3.8) is 0 Å². The summed E-state index contributed by atoms with van der Waals surface area (Å²) in [5.41, 5.74) is 4.31. The first-order chi connectivity index (χ1) is 9.79. The van der Waals surface area contributed by atoms with Crippen LogP contribution in [0.1, 0.15) is 30.9 Å². The van der Waals surface area contributed by atoms with Gasteiger partial charge in [-0.15, -0.1) is 0 Å². The minimum Gasteiger partial charge on any atom is -0.384 e. The van der Waals surface area contributed by atoms with Gasteiger partial charge in [0.2, 0.25) is 0 Å². The van der Waals surface area contributed by atoms with E-state index in [0.717, 1.165) is 32.2 Å². The summed E-state index contributed by atoms with van der Waals surface area (Å²) >= 11 is 0. The highest BCUT2D eigenvalue weighted by atomic mass is 16.5. The lowest BCUT2D eigenvalue weighted by Gasteiger charge is -2.29. The van der Waals surface area contributed by atoms with Crippen LogP contribution in [0, 0.1) is 5.92 Å². The number of fused-ring (bicyclic) bond motifs is 1. The van der Waals surface area contributed by atoms with E-state index >= 15 is 0 Å². The summed E-state index contributed by atoms with van der Waals surface area (Å²) in [6.07, 6.45) is 3.96. The van der Waals surface area contributed by atoms with Crippen LogP contribution in [0.25, 0.3) is 0 Å². The Morgan fingerprint density at radius 3 is 3.00 bits per heavy atom. The number of ether oxygens (including phenoxy) is 1. The van der Waals surface area contributed by atoms with Crippen molar-refractivity contribution >= 4 is 5.69 Å². The molecule has 1 aliphatic heterocycles. The van der Waals surface area contributed by atoms with Crippen molar-refractivity contribution in [2.45, 2.75) is 38.8 Å². The van der Waals surface area contributed by atoms with Crippen LogP contribution in [0.5, 0.6) is 0 Å². The number of nitrogens with one attached hydrogen (secondary N) is 1. The number of para-hydroxylation sites is 1. The number of anilines is 1. The van der Waals surface area contributed by atoms with Crippen molar-refractivity contribution in [2.24, 2.45) is 5.92 Å². The van der Waals surface area contributed by atoms with Crippen LogP contribution >= 0.6 is 0 Å². The Bertz CT molecular complexity index is 456. The van der Waals surface area contributed by atoms with Crippen LogP contribution in [0.2, 0.25) is 0 Å². The quantitative estimate of drug-likeness (QED) is 0.827. The molecule has 0 aromatic heterocycles. The summed E-state index contributed by atoms with van der Waals surface area (Å²) in [6.45, 7) is 6.35.